The molecule has 1 aliphatic heterocycles. The van der Waals surface area contributed by atoms with Crippen LogP contribution in [-0.2, 0) is 9.47 Å². The molecule has 0 bridgehead atoms. The standard InChI is InChI=1S/C18H20O4S/c1-23-15-4-2-14(3-5-15)16(19)6-7-17(20)8-10-18(11-9-17)21-12-13-22-18/h2-5,20H,8-13H2,1H3. The molecule has 1 heterocycles. The van der Waals surface area contributed by atoms with Crippen molar-refractivity contribution in [2.24, 2.45) is 0 Å². The number of thioether (sulfide) groups is 1. The highest BCUT2D eigenvalue weighted by Crippen LogP contribution is 2.39. The maximum absolute atomic E-state index is 12.1. The molecule has 122 valence electrons. The van der Waals surface area contributed by atoms with Gasteiger partial charge in [-0.2, -0.15) is 0 Å². The fraction of sp³-hybridized carbons (Fsp3) is 0.500. The molecule has 5 heteroatoms. The fourth-order valence-electron chi connectivity index (χ4n) is 2.94. The molecule has 3 rings (SSSR count). The third-order valence-corrected chi connectivity index (χ3v) is 5.16. The quantitative estimate of drug-likeness (QED) is 0.390. The number of ether oxygens (including phenoxy) is 2. The van der Waals surface area contributed by atoms with Gasteiger partial charge in [-0.15, -0.1) is 11.8 Å². The second-order valence-electron chi connectivity index (χ2n) is 5.95. The van der Waals surface area contributed by atoms with Crippen molar-refractivity contribution in [3.63, 3.8) is 0 Å². The molecule has 1 aromatic carbocycles. The Balaban J connectivity index is 1.64. The van der Waals surface area contributed by atoms with Gasteiger partial charge in [0.05, 0.1) is 13.2 Å². The molecule has 1 N–H and O–H groups in total. The lowest BCUT2D eigenvalue weighted by molar-refractivity contribution is -0.195. The molecule has 2 aliphatic rings. The SMILES string of the molecule is CSc1ccc(C(=O)C#CC2(O)CCC3(CC2)OCCO3)cc1. The molecule has 0 unspecified atom stereocenters. The predicted molar refractivity (Wildman–Crippen MR) is 88.4 cm³/mol. The average Bonchev–Trinajstić information content (AvgIpc) is 3.05. The van der Waals surface area contributed by atoms with E-state index in [4.69, 9.17) is 9.47 Å². The Kier molecular flexibility index (Phi) is 4.79. The second-order valence-corrected chi connectivity index (χ2v) is 6.83. The maximum atomic E-state index is 12.1. The number of carbonyl (C=O) groups is 1. The average molecular weight is 332 g/mol. The van der Waals surface area contributed by atoms with Crippen molar-refractivity contribution < 1.29 is 19.4 Å². The van der Waals surface area contributed by atoms with E-state index in [1.807, 2.05) is 18.4 Å². The van der Waals surface area contributed by atoms with Gasteiger partial charge in [0.25, 0.3) is 0 Å². The lowest BCUT2D eigenvalue weighted by Crippen LogP contribution is -2.42. The van der Waals surface area contributed by atoms with Crippen LogP contribution in [0.1, 0.15) is 36.0 Å². The van der Waals surface area contributed by atoms with Crippen molar-refractivity contribution >= 4 is 17.5 Å². The Morgan fingerprint density at radius 3 is 2.30 bits per heavy atom. The van der Waals surface area contributed by atoms with Crippen LogP contribution in [0.5, 0.6) is 0 Å². The monoisotopic (exact) mass is 332 g/mol. The van der Waals surface area contributed by atoms with Crippen LogP contribution in [0.25, 0.3) is 0 Å². The summed E-state index contributed by atoms with van der Waals surface area (Å²) in [7, 11) is 0. The molecule has 0 atom stereocenters. The number of rotatable bonds is 2. The predicted octanol–water partition coefficient (Wildman–Crippen LogP) is 2.64. The smallest absolute Gasteiger partial charge is 0.235 e. The molecule has 1 aliphatic carbocycles. The molecule has 0 radical (unpaired) electrons. The summed E-state index contributed by atoms with van der Waals surface area (Å²) in [5.74, 6) is 4.57. The second kappa shape index (κ2) is 6.66. The summed E-state index contributed by atoms with van der Waals surface area (Å²) in [5, 5.41) is 10.6. The van der Waals surface area contributed by atoms with Gasteiger partial charge in [-0.25, -0.2) is 0 Å². The number of carbonyl (C=O) groups excluding carboxylic acids is 1. The minimum Gasteiger partial charge on any atom is -0.378 e. The van der Waals surface area contributed by atoms with Gasteiger partial charge in [0.1, 0.15) is 5.60 Å². The van der Waals surface area contributed by atoms with Gasteiger partial charge >= 0.3 is 0 Å². The molecule has 0 aromatic heterocycles. The van der Waals surface area contributed by atoms with E-state index in [9.17, 15) is 9.90 Å². The first kappa shape index (κ1) is 16.5. The number of Topliss-reactive ketones (excluding diaryl/α,β-unsaturated/α-hetero) is 1. The van der Waals surface area contributed by atoms with Gasteiger partial charge in [0, 0.05) is 23.3 Å². The summed E-state index contributed by atoms with van der Waals surface area (Å²) in [6.45, 7) is 1.21. The van der Waals surface area contributed by atoms with Crippen molar-refractivity contribution in [3.8, 4) is 11.8 Å². The molecule has 1 spiro atoms. The van der Waals surface area contributed by atoms with Crippen LogP contribution >= 0.6 is 11.8 Å². The molecule has 2 fully saturated rings. The first-order valence-electron chi connectivity index (χ1n) is 7.76. The van der Waals surface area contributed by atoms with Crippen LogP contribution in [0, 0.1) is 11.8 Å². The van der Waals surface area contributed by atoms with Crippen molar-refractivity contribution in [3.05, 3.63) is 29.8 Å². The van der Waals surface area contributed by atoms with Gasteiger partial charge in [0.15, 0.2) is 5.79 Å². The number of ketones is 1. The highest BCUT2D eigenvalue weighted by molar-refractivity contribution is 7.98. The van der Waals surface area contributed by atoms with E-state index < -0.39 is 11.4 Å². The molecular formula is C18H20O4S. The Morgan fingerprint density at radius 2 is 1.74 bits per heavy atom. The van der Waals surface area contributed by atoms with Crippen LogP contribution in [-0.4, -0.2) is 41.7 Å². The molecule has 1 aromatic rings. The topological polar surface area (TPSA) is 55.8 Å². The van der Waals surface area contributed by atoms with Crippen LogP contribution in [0.3, 0.4) is 0 Å². The third-order valence-electron chi connectivity index (χ3n) is 4.41. The normalized spacial score (nSPS) is 21.7. The van der Waals surface area contributed by atoms with E-state index in [2.05, 4.69) is 11.8 Å². The summed E-state index contributed by atoms with van der Waals surface area (Å²) >= 11 is 1.62. The Bertz CT molecular complexity index is 625. The minimum absolute atomic E-state index is 0.264. The summed E-state index contributed by atoms with van der Waals surface area (Å²) in [5.41, 5.74) is -0.580. The van der Waals surface area contributed by atoms with E-state index in [0.717, 1.165) is 4.90 Å². The molecule has 23 heavy (non-hydrogen) atoms. The minimum atomic E-state index is -1.13. The van der Waals surface area contributed by atoms with Crippen LogP contribution in [0.2, 0.25) is 0 Å². The van der Waals surface area contributed by atoms with Gasteiger partial charge < -0.3 is 14.6 Å². The number of hydrogen-bond acceptors (Lipinski definition) is 5. The molecular weight excluding hydrogens is 312 g/mol. The largest absolute Gasteiger partial charge is 0.378 e. The molecule has 0 amide bonds. The van der Waals surface area contributed by atoms with Gasteiger partial charge in [-0.3, -0.25) is 4.79 Å². The Morgan fingerprint density at radius 1 is 1.13 bits per heavy atom. The first-order chi connectivity index (χ1) is 11.0. The van der Waals surface area contributed by atoms with Gasteiger partial charge in [0.2, 0.25) is 5.78 Å². The molecule has 1 saturated carbocycles. The first-order valence-corrected chi connectivity index (χ1v) is 8.99. The summed E-state index contributed by atoms with van der Waals surface area (Å²) in [6, 6.07) is 7.33. The van der Waals surface area contributed by atoms with Crippen LogP contribution < -0.4 is 0 Å². The number of aliphatic hydroxyl groups is 1. The fourth-order valence-corrected chi connectivity index (χ4v) is 3.35. The van der Waals surface area contributed by atoms with Crippen molar-refractivity contribution in [2.75, 3.05) is 19.5 Å². The molecule has 4 nitrogen and oxygen atoms in total. The lowest BCUT2D eigenvalue weighted by atomic mass is 9.81. The van der Waals surface area contributed by atoms with Crippen LogP contribution in [0.4, 0.5) is 0 Å². The zero-order valence-electron chi connectivity index (χ0n) is 13.1. The zero-order valence-corrected chi connectivity index (χ0v) is 13.9. The van der Waals surface area contributed by atoms with Gasteiger partial charge in [-0.05, 0) is 49.3 Å². The summed E-state index contributed by atoms with van der Waals surface area (Å²) in [4.78, 5) is 13.2. The summed E-state index contributed by atoms with van der Waals surface area (Å²) in [6.07, 6.45) is 4.11. The zero-order chi connectivity index (χ0) is 16.3. The van der Waals surface area contributed by atoms with E-state index in [1.165, 1.54) is 0 Å². The Labute approximate surface area is 140 Å². The highest BCUT2D eigenvalue weighted by atomic mass is 32.2. The van der Waals surface area contributed by atoms with Crippen LogP contribution in [0.15, 0.2) is 29.2 Å². The van der Waals surface area contributed by atoms with Crippen molar-refractivity contribution in [1.82, 2.24) is 0 Å². The van der Waals surface area contributed by atoms with Gasteiger partial charge in [-0.1, -0.05) is 5.92 Å². The van der Waals surface area contributed by atoms with E-state index >= 15 is 0 Å². The number of hydrogen-bond donors (Lipinski definition) is 1. The number of benzene rings is 1. The van der Waals surface area contributed by atoms with E-state index in [0.29, 0.717) is 44.5 Å². The third kappa shape index (κ3) is 3.78. The summed E-state index contributed by atoms with van der Waals surface area (Å²) < 4.78 is 11.3. The lowest BCUT2D eigenvalue weighted by Gasteiger charge is -2.37. The van der Waals surface area contributed by atoms with E-state index in [-0.39, 0.29) is 5.78 Å². The Hall–Kier alpha value is -1.32. The van der Waals surface area contributed by atoms with Crippen molar-refractivity contribution in [1.29, 1.82) is 0 Å². The van der Waals surface area contributed by atoms with E-state index in [1.54, 1.807) is 23.9 Å². The highest BCUT2D eigenvalue weighted by Gasteiger charge is 2.44. The molecule has 1 saturated heterocycles. The van der Waals surface area contributed by atoms with Crippen molar-refractivity contribution in [2.45, 2.75) is 42.0 Å². The maximum Gasteiger partial charge on any atom is 0.235 e.